The molecule has 0 atom stereocenters. The van der Waals surface area contributed by atoms with E-state index in [0.29, 0.717) is 34.1 Å². The normalized spacial score (nSPS) is 11.0. The van der Waals surface area contributed by atoms with E-state index >= 15 is 0 Å². The van der Waals surface area contributed by atoms with Crippen LogP contribution in [0.3, 0.4) is 0 Å². The van der Waals surface area contributed by atoms with Crippen molar-refractivity contribution >= 4 is 23.2 Å². The molecule has 3 aromatic heterocycles. The molecule has 4 rings (SSSR count). The summed E-state index contributed by atoms with van der Waals surface area (Å²) in [7, 11) is 0. The lowest BCUT2D eigenvalue weighted by Crippen LogP contribution is -2.23. The van der Waals surface area contributed by atoms with Crippen LogP contribution in [-0.2, 0) is 6.54 Å². The highest BCUT2D eigenvalue weighted by Crippen LogP contribution is 2.30. The van der Waals surface area contributed by atoms with Gasteiger partial charge in [0.25, 0.3) is 5.91 Å². The Kier molecular flexibility index (Phi) is 4.18. The number of hydrogen-bond acceptors (Lipinski definition) is 4. The molecule has 130 valence electrons. The lowest BCUT2D eigenvalue weighted by Gasteiger charge is -2.05. The molecule has 0 bridgehead atoms. The number of aryl methyl sites for hydroxylation is 1. The van der Waals surface area contributed by atoms with E-state index in [2.05, 4.69) is 15.5 Å². The largest absolute Gasteiger partial charge is 0.360 e. The van der Waals surface area contributed by atoms with Gasteiger partial charge in [0.15, 0.2) is 0 Å². The van der Waals surface area contributed by atoms with Crippen LogP contribution < -0.4 is 5.32 Å². The summed E-state index contributed by atoms with van der Waals surface area (Å²) in [5.41, 5.74) is 3.05. The van der Waals surface area contributed by atoms with Gasteiger partial charge in [-0.3, -0.25) is 4.79 Å². The molecule has 6 nitrogen and oxygen atoms in total. The van der Waals surface area contributed by atoms with Crippen molar-refractivity contribution in [3.63, 3.8) is 0 Å². The molecule has 0 saturated carbocycles. The van der Waals surface area contributed by atoms with Crippen molar-refractivity contribution in [1.29, 1.82) is 0 Å². The number of imidazole rings is 1. The second-order valence-corrected chi connectivity index (χ2v) is 6.23. The summed E-state index contributed by atoms with van der Waals surface area (Å²) in [4.78, 5) is 17.2. The highest BCUT2D eigenvalue weighted by molar-refractivity contribution is 6.33. The number of aromatic nitrogens is 3. The molecule has 4 aromatic rings. The minimum atomic E-state index is -0.282. The molecule has 0 fully saturated rings. The van der Waals surface area contributed by atoms with Gasteiger partial charge in [0.2, 0.25) is 0 Å². The zero-order valence-electron chi connectivity index (χ0n) is 13.9. The number of nitrogens with one attached hydrogen (secondary N) is 1. The Morgan fingerprint density at radius 1 is 1.23 bits per heavy atom. The molecule has 1 amide bonds. The summed E-state index contributed by atoms with van der Waals surface area (Å²) in [6.07, 6.45) is 3.79. The average molecular weight is 367 g/mol. The van der Waals surface area contributed by atoms with Crippen LogP contribution in [0.2, 0.25) is 5.02 Å². The van der Waals surface area contributed by atoms with Crippen molar-refractivity contribution in [2.75, 3.05) is 0 Å². The van der Waals surface area contributed by atoms with E-state index in [0.717, 1.165) is 11.3 Å². The third kappa shape index (κ3) is 2.95. The van der Waals surface area contributed by atoms with E-state index in [4.69, 9.17) is 16.1 Å². The van der Waals surface area contributed by atoms with Gasteiger partial charge in [-0.2, -0.15) is 0 Å². The maximum atomic E-state index is 12.7. The highest BCUT2D eigenvalue weighted by Gasteiger charge is 2.23. The van der Waals surface area contributed by atoms with Crippen LogP contribution in [0.1, 0.15) is 21.8 Å². The van der Waals surface area contributed by atoms with Crippen LogP contribution in [0, 0.1) is 6.92 Å². The second kappa shape index (κ2) is 6.65. The lowest BCUT2D eigenvalue weighted by atomic mass is 10.1. The monoisotopic (exact) mass is 366 g/mol. The van der Waals surface area contributed by atoms with Crippen LogP contribution in [0.25, 0.3) is 16.9 Å². The minimum absolute atomic E-state index is 0.282. The first kappa shape index (κ1) is 16.4. The van der Waals surface area contributed by atoms with Gasteiger partial charge in [0.1, 0.15) is 22.7 Å². The van der Waals surface area contributed by atoms with E-state index in [9.17, 15) is 4.79 Å². The summed E-state index contributed by atoms with van der Waals surface area (Å²) in [6.45, 7) is 2.00. The van der Waals surface area contributed by atoms with Crippen LogP contribution in [0.5, 0.6) is 0 Å². The number of carbonyl (C=O) groups is 1. The smallest absolute Gasteiger partial charge is 0.257 e. The van der Waals surface area contributed by atoms with Crippen molar-refractivity contribution in [2.45, 2.75) is 13.5 Å². The molecule has 7 heteroatoms. The maximum absolute atomic E-state index is 12.7. The van der Waals surface area contributed by atoms with Crippen molar-refractivity contribution in [1.82, 2.24) is 19.9 Å². The first-order valence-electron chi connectivity index (χ1n) is 8.05. The maximum Gasteiger partial charge on any atom is 0.257 e. The van der Waals surface area contributed by atoms with E-state index in [1.807, 2.05) is 47.1 Å². The van der Waals surface area contributed by atoms with Crippen molar-refractivity contribution in [3.8, 4) is 11.3 Å². The SMILES string of the molecule is Cc1onc(-c2ccccc2Cl)c1C(=O)NCc1cn2ccccc2n1. The van der Waals surface area contributed by atoms with Gasteiger partial charge >= 0.3 is 0 Å². The Labute approximate surface area is 154 Å². The number of amides is 1. The number of nitrogens with zero attached hydrogens (tertiary/aromatic N) is 3. The fraction of sp³-hybridized carbons (Fsp3) is 0.105. The van der Waals surface area contributed by atoms with Gasteiger partial charge in [-0.25, -0.2) is 4.98 Å². The first-order valence-corrected chi connectivity index (χ1v) is 8.43. The van der Waals surface area contributed by atoms with Crippen molar-refractivity contribution in [3.05, 3.63) is 76.9 Å². The zero-order valence-corrected chi connectivity index (χ0v) is 14.7. The molecule has 1 N–H and O–H groups in total. The Morgan fingerprint density at radius 2 is 2.04 bits per heavy atom. The molecule has 0 saturated heterocycles. The molecule has 0 spiro atoms. The number of benzene rings is 1. The third-order valence-electron chi connectivity index (χ3n) is 4.06. The molecule has 0 unspecified atom stereocenters. The number of pyridine rings is 1. The van der Waals surface area contributed by atoms with Crippen molar-refractivity contribution in [2.24, 2.45) is 0 Å². The Bertz CT molecular complexity index is 1070. The molecule has 0 aliphatic heterocycles. The number of hydrogen-bond donors (Lipinski definition) is 1. The highest BCUT2D eigenvalue weighted by atomic mass is 35.5. The van der Waals surface area contributed by atoms with E-state index in [1.54, 1.807) is 19.1 Å². The number of halogens is 1. The predicted molar refractivity (Wildman–Crippen MR) is 98.0 cm³/mol. The molecule has 26 heavy (non-hydrogen) atoms. The van der Waals surface area contributed by atoms with Gasteiger partial charge in [0.05, 0.1) is 17.3 Å². The van der Waals surface area contributed by atoms with E-state index < -0.39 is 0 Å². The number of rotatable bonds is 4. The van der Waals surface area contributed by atoms with E-state index in [1.165, 1.54) is 0 Å². The van der Waals surface area contributed by atoms with Gasteiger partial charge < -0.3 is 14.2 Å². The summed E-state index contributed by atoms with van der Waals surface area (Å²) in [5.74, 6) is 0.156. The quantitative estimate of drug-likeness (QED) is 0.595. The van der Waals surface area contributed by atoms with Gasteiger partial charge in [-0.15, -0.1) is 0 Å². The van der Waals surface area contributed by atoms with Crippen LogP contribution in [-0.4, -0.2) is 20.4 Å². The number of carbonyl (C=O) groups excluding carboxylic acids is 1. The van der Waals surface area contributed by atoms with E-state index in [-0.39, 0.29) is 5.91 Å². The molecule has 0 radical (unpaired) electrons. The Balaban J connectivity index is 1.59. The number of fused-ring (bicyclic) bond motifs is 1. The first-order chi connectivity index (χ1) is 12.6. The molecular formula is C19H15ClN4O2. The Morgan fingerprint density at radius 3 is 2.85 bits per heavy atom. The molecule has 0 aliphatic carbocycles. The summed E-state index contributed by atoms with van der Waals surface area (Å²) in [6, 6.07) is 13.0. The fourth-order valence-corrected chi connectivity index (χ4v) is 3.03. The lowest BCUT2D eigenvalue weighted by molar-refractivity contribution is 0.0949. The standard InChI is InChI=1S/C19H15ClN4O2/c1-12-17(18(23-26-12)14-6-2-3-7-15(14)20)19(25)21-10-13-11-24-9-5-4-8-16(24)22-13/h2-9,11H,10H2,1H3,(H,21,25). The van der Waals surface area contributed by atoms with Crippen LogP contribution in [0.4, 0.5) is 0 Å². The molecule has 0 aliphatic rings. The Hall–Kier alpha value is -3.12. The second-order valence-electron chi connectivity index (χ2n) is 5.82. The van der Waals surface area contributed by atoms with Gasteiger partial charge in [0, 0.05) is 18.0 Å². The molecular weight excluding hydrogens is 352 g/mol. The average Bonchev–Trinajstić information content (AvgIpc) is 3.23. The topological polar surface area (TPSA) is 72.4 Å². The van der Waals surface area contributed by atoms with Gasteiger partial charge in [-0.05, 0) is 25.1 Å². The minimum Gasteiger partial charge on any atom is -0.360 e. The third-order valence-corrected chi connectivity index (χ3v) is 4.39. The van der Waals surface area contributed by atoms with Gasteiger partial charge in [-0.1, -0.05) is 41.0 Å². The summed E-state index contributed by atoms with van der Waals surface area (Å²) in [5, 5.41) is 7.40. The fourth-order valence-electron chi connectivity index (χ4n) is 2.81. The molecule has 3 heterocycles. The van der Waals surface area contributed by atoms with Crippen LogP contribution in [0.15, 0.2) is 59.4 Å². The van der Waals surface area contributed by atoms with Crippen LogP contribution >= 0.6 is 11.6 Å². The summed E-state index contributed by atoms with van der Waals surface area (Å²) < 4.78 is 7.14. The zero-order chi connectivity index (χ0) is 18.1. The summed E-state index contributed by atoms with van der Waals surface area (Å²) >= 11 is 6.24. The molecule has 1 aromatic carbocycles. The van der Waals surface area contributed by atoms with Crippen molar-refractivity contribution < 1.29 is 9.32 Å². The predicted octanol–water partition coefficient (Wildman–Crippen LogP) is 3.88.